The molecule has 0 radical (unpaired) electrons. The Morgan fingerprint density at radius 2 is 1.95 bits per heavy atom. The van der Waals surface area contributed by atoms with Crippen LogP contribution in [0, 0.1) is 5.82 Å². The highest BCUT2D eigenvalue weighted by Crippen LogP contribution is 2.24. The highest BCUT2D eigenvalue weighted by Gasteiger charge is 2.26. The van der Waals surface area contributed by atoms with Gasteiger partial charge in [0.25, 0.3) is 0 Å². The SMILES string of the molecule is CC(CN)N(C)S(=O)(=O)c1ccc(OC(F)F)c(F)c1.Cl. The predicted octanol–water partition coefficient (Wildman–Crippen LogP) is 1.82. The van der Waals surface area contributed by atoms with Gasteiger partial charge >= 0.3 is 6.61 Å². The number of nitrogens with two attached hydrogens (primary N) is 1. The Bertz CT molecular complexity index is 572. The fourth-order valence-electron chi connectivity index (χ4n) is 1.39. The zero-order valence-electron chi connectivity index (χ0n) is 11.3. The van der Waals surface area contributed by atoms with Crippen molar-refractivity contribution >= 4 is 22.4 Å². The summed E-state index contributed by atoms with van der Waals surface area (Å²) >= 11 is 0. The number of likely N-dealkylation sites (N-methyl/N-ethyl adjacent to an activating group) is 1. The second kappa shape index (κ2) is 7.83. The molecule has 2 N–H and O–H groups in total. The van der Waals surface area contributed by atoms with E-state index in [9.17, 15) is 21.6 Å². The second-order valence-corrected chi connectivity index (χ2v) is 6.07. The Morgan fingerprint density at radius 3 is 2.38 bits per heavy atom. The monoisotopic (exact) mass is 348 g/mol. The minimum atomic E-state index is -3.95. The number of hydrogen-bond donors (Lipinski definition) is 1. The lowest BCUT2D eigenvalue weighted by Crippen LogP contribution is -2.39. The highest BCUT2D eigenvalue weighted by molar-refractivity contribution is 7.89. The molecule has 1 atom stereocenters. The first kappa shape index (κ1) is 20.0. The van der Waals surface area contributed by atoms with Gasteiger partial charge in [-0.15, -0.1) is 12.4 Å². The molecular formula is C11H16ClF3N2O3S. The van der Waals surface area contributed by atoms with E-state index in [-0.39, 0.29) is 23.8 Å². The van der Waals surface area contributed by atoms with Gasteiger partial charge in [-0.05, 0) is 25.1 Å². The van der Waals surface area contributed by atoms with Gasteiger partial charge in [-0.2, -0.15) is 13.1 Å². The number of hydrogen-bond acceptors (Lipinski definition) is 4. The van der Waals surface area contributed by atoms with Crippen molar-refractivity contribution in [3.63, 3.8) is 0 Å². The molecule has 0 aliphatic heterocycles. The van der Waals surface area contributed by atoms with E-state index in [1.807, 2.05) is 0 Å². The van der Waals surface area contributed by atoms with Gasteiger partial charge in [0.2, 0.25) is 10.0 Å². The Hall–Kier alpha value is -1.03. The number of ether oxygens (including phenoxy) is 1. The molecule has 0 amide bonds. The second-order valence-electron chi connectivity index (χ2n) is 4.08. The van der Waals surface area contributed by atoms with E-state index >= 15 is 0 Å². The van der Waals surface area contributed by atoms with Crippen LogP contribution in [0.25, 0.3) is 0 Å². The molecule has 21 heavy (non-hydrogen) atoms. The van der Waals surface area contributed by atoms with Gasteiger partial charge in [-0.1, -0.05) is 0 Å². The molecule has 0 bridgehead atoms. The van der Waals surface area contributed by atoms with Crippen LogP contribution in [-0.2, 0) is 10.0 Å². The molecule has 0 aromatic heterocycles. The van der Waals surface area contributed by atoms with E-state index in [0.717, 1.165) is 16.4 Å². The molecule has 0 aliphatic carbocycles. The summed E-state index contributed by atoms with van der Waals surface area (Å²) in [4.78, 5) is -0.362. The fourth-order valence-corrected chi connectivity index (χ4v) is 2.77. The van der Waals surface area contributed by atoms with E-state index < -0.39 is 34.2 Å². The lowest BCUT2D eigenvalue weighted by atomic mass is 10.3. The summed E-state index contributed by atoms with van der Waals surface area (Å²) < 4.78 is 66.6. The molecule has 0 heterocycles. The number of nitrogens with zero attached hydrogens (tertiary/aromatic N) is 1. The summed E-state index contributed by atoms with van der Waals surface area (Å²) in [7, 11) is -2.65. The minimum absolute atomic E-state index is 0. The van der Waals surface area contributed by atoms with Crippen molar-refractivity contribution in [3.05, 3.63) is 24.0 Å². The van der Waals surface area contributed by atoms with Crippen LogP contribution in [0.4, 0.5) is 13.2 Å². The van der Waals surface area contributed by atoms with Gasteiger partial charge in [0.15, 0.2) is 11.6 Å². The first-order valence-corrected chi connectivity index (χ1v) is 7.06. The molecule has 0 spiro atoms. The zero-order chi connectivity index (χ0) is 15.5. The summed E-state index contributed by atoms with van der Waals surface area (Å²) in [5.41, 5.74) is 5.37. The highest BCUT2D eigenvalue weighted by atomic mass is 35.5. The minimum Gasteiger partial charge on any atom is -0.432 e. The molecule has 1 aromatic rings. The normalized spacial score (nSPS) is 13.1. The van der Waals surface area contributed by atoms with Crippen LogP contribution >= 0.6 is 12.4 Å². The first-order valence-electron chi connectivity index (χ1n) is 5.62. The Balaban J connectivity index is 0.00000400. The summed E-state index contributed by atoms with van der Waals surface area (Å²) in [6.07, 6.45) is 0. The summed E-state index contributed by atoms with van der Waals surface area (Å²) in [5, 5.41) is 0. The van der Waals surface area contributed by atoms with E-state index in [2.05, 4.69) is 4.74 Å². The standard InChI is InChI=1S/C11H15F3N2O3S.ClH/c1-7(6-15)16(2)20(17,18)8-3-4-10(9(12)5-8)19-11(13)14;/h3-5,7,11H,6,15H2,1-2H3;1H. The topological polar surface area (TPSA) is 72.6 Å². The van der Waals surface area contributed by atoms with Crippen LogP contribution in [0.5, 0.6) is 5.75 Å². The number of halogens is 4. The van der Waals surface area contributed by atoms with Crippen molar-refractivity contribution < 1.29 is 26.3 Å². The average Bonchev–Trinajstić information content (AvgIpc) is 2.38. The molecule has 5 nitrogen and oxygen atoms in total. The van der Waals surface area contributed by atoms with E-state index in [4.69, 9.17) is 5.73 Å². The largest absolute Gasteiger partial charge is 0.432 e. The maximum Gasteiger partial charge on any atom is 0.387 e. The van der Waals surface area contributed by atoms with Crippen LogP contribution in [0.15, 0.2) is 23.1 Å². The molecule has 1 aromatic carbocycles. The van der Waals surface area contributed by atoms with Gasteiger partial charge in [0.05, 0.1) is 4.90 Å². The number of rotatable bonds is 6. The summed E-state index contributed by atoms with van der Waals surface area (Å²) in [6.45, 7) is -1.51. The fraction of sp³-hybridized carbons (Fsp3) is 0.455. The molecule has 10 heteroatoms. The molecule has 0 aliphatic rings. The third kappa shape index (κ3) is 4.73. The van der Waals surface area contributed by atoms with Gasteiger partial charge in [-0.25, -0.2) is 12.8 Å². The molecule has 0 saturated heterocycles. The van der Waals surface area contributed by atoms with Crippen molar-refractivity contribution in [2.75, 3.05) is 13.6 Å². The molecule has 0 fully saturated rings. The molecular weight excluding hydrogens is 333 g/mol. The smallest absolute Gasteiger partial charge is 0.387 e. The van der Waals surface area contributed by atoms with Crippen LogP contribution in [0.2, 0.25) is 0 Å². The Kier molecular flexibility index (Phi) is 7.45. The molecule has 122 valence electrons. The predicted molar refractivity (Wildman–Crippen MR) is 73.7 cm³/mol. The zero-order valence-corrected chi connectivity index (χ0v) is 12.9. The van der Waals surface area contributed by atoms with Crippen molar-refractivity contribution in [3.8, 4) is 5.75 Å². The van der Waals surface area contributed by atoms with Crippen molar-refractivity contribution in [2.24, 2.45) is 5.73 Å². The van der Waals surface area contributed by atoms with E-state index in [1.54, 1.807) is 6.92 Å². The molecule has 0 saturated carbocycles. The summed E-state index contributed by atoms with van der Waals surface area (Å²) in [6, 6.07) is 1.98. The quantitative estimate of drug-likeness (QED) is 0.851. The van der Waals surface area contributed by atoms with Crippen LogP contribution in [0.1, 0.15) is 6.92 Å². The van der Waals surface area contributed by atoms with E-state index in [1.165, 1.54) is 7.05 Å². The first-order chi connectivity index (χ1) is 9.20. The third-order valence-electron chi connectivity index (χ3n) is 2.76. The lowest BCUT2D eigenvalue weighted by molar-refractivity contribution is -0.0522. The summed E-state index contributed by atoms with van der Waals surface area (Å²) in [5.74, 6) is -1.89. The maximum atomic E-state index is 13.5. The van der Waals surface area contributed by atoms with Crippen molar-refractivity contribution in [1.82, 2.24) is 4.31 Å². The Morgan fingerprint density at radius 1 is 1.38 bits per heavy atom. The Labute approximate surface area is 127 Å². The number of alkyl halides is 2. The van der Waals surface area contributed by atoms with Crippen LogP contribution in [-0.4, -0.2) is 39.0 Å². The van der Waals surface area contributed by atoms with Gasteiger partial charge in [-0.3, -0.25) is 0 Å². The van der Waals surface area contributed by atoms with E-state index in [0.29, 0.717) is 6.07 Å². The third-order valence-corrected chi connectivity index (χ3v) is 4.73. The maximum absolute atomic E-state index is 13.5. The van der Waals surface area contributed by atoms with Gasteiger partial charge in [0, 0.05) is 19.6 Å². The lowest BCUT2D eigenvalue weighted by Gasteiger charge is -2.23. The molecule has 1 unspecified atom stereocenters. The molecule has 1 rings (SSSR count). The van der Waals surface area contributed by atoms with Crippen LogP contribution < -0.4 is 10.5 Å². The van der Waals surface area contributed by atoms with Crippen LogP contribution in [0.3, 0.4) is 0 Å². The van der Waals surface area contributed by atoms with Crippen molar-refractivity contribution in [2.45, 2.75) is 24.5 Å². The number of benzene rings is 1. The van der Waals surface area contributed by atoms with Gasteiger partial charge < -0.3 is 10.5 Å². The number of sulfonamides is 1. The average molecular weight is 349 g/mol. The van der Waals surface area contributed by atoms with Gasteiger partial charge in [0.1, 0.15) is 0 Å². The van der Waals surface area contributed by atoms with Crippen molar-refractivity contribution in [1.29, 1.82) is 0 Å².